The van der Waals surface area contributed by atoms with Crippen molar-refractivity contribution in [2.75, 3.05) is 32.1 Å². The van der Waals surface area contributed by atoms with Gasteiger partial charge in [0.2, 0.25) is 11.8 Å². The number of anilines is 1. The van der Waals surface area contributed by atoms with Gasteiger partial charge in [-0.3, -0.25) is 19.4 Å². The standard InChI is InChI=1S/C32H29F2N5O5S/c1-43-28-16-25-22(15-23(28)31(42)36-17-30(41)39-12-10-20(33)18-39)26(9-11-35-25)44-27-8-7-21(14-24(27)34)37-32(45)38-29(40)13-19-5-3-2-4-6-19/h2-9,11,14-16,20H,10,12-13,17-18H2,1H3,(H,36,42)(H2,37,38,40,45)/t20-/m0/s1. The van der Waals surface area contributed by atoms with Crippen molar-refractivity contribution < 1.29 is 32.6 Å². The molecule has 1 aliphatic heterocycles. The van der Waals surface area contributed by atoms with Crippen molar-refractivity contribution in [2.24, 2.45) is 0 Å². The minimum absolute atomic E-state index is 0.00592. The first-order chi connectivity index (χ1) is 21.7. The Hall–Kier alpha value is -5.17. The van der Waals surface area contributed by atoms with E-state index in [2.05, 4.69) is 20.9 Å². The summed E-state index contributed by atoms with van der Waals surface area (Å²) in [5, 5.41) is 8.31. The van der Waals surface area contributed by atoms with Gasteiger partial charge in [0.15, 0.2) is 16.7 Å². The summed E-state index contributed by atoms with van der Waals surface area (Å²) >= 11 is 5.20. The van der Waals surface area contributed by atoms with Gasteiger partial charge in [-0.25, -0.2) is 8.78 Å². The van der Waals surface area contributed by atoms with Gasteiger partial charge in [-0.15, -0.1) is 0 Å². The lowest BCUT2D eigenvalue weighted by Gasteiger charge is -2.16. The average molecular weight is 634 g/mol. The van der Waals surface area contributed by atoms with Crippen molar-refractivity contribution in [3.63, 3.8) is 0 Å². The maximum atomic E-state index is 15.1. The molecular formula is C32H29F2N5O5S. The second kappa shape index (κ2) is 14.1. The Kier molecular flexibility index (Phi) is 9.78. The number of carbonyl (C=O) groups is 3. The first-order valence-electron chi connectivity index (χ1n) is 14.0. The smallest absolute Gasteiger partial charge is 0.255 e. The summed E-state index contributed by atoms with van der Waals surface area (Å²) in [5.74, 6) is -1.72. The monoisotopic (exact) mass is 633 g/mol. The van der Waals surface area contributed by atoms with Gasteiger partial charge in [-0.2, -0.15) is 0 Å². The average Bonchev–Trinajstić information content (AvgIpc) is 3.47. The molecule has 3 amide bonds. The van der Waals surface area contributed by atoms with Crippen LogP contribution < -0.4 is 25.4 Å². The summed E-state index contributed by atoms with van der Waals surface area (Å²) in [6.45, 7) is -0.00597. The number of nitrogens with one attached hydrogen (secondary N) is 3. The zero-order valence-electron chi connectivity index (χ0n) is 24.1. The Morgan fingerprint density at radius 3 is 2.56 bits per heavy atom. The number of pyridine rings is 1. The van der Waals surface area contributed by atoms with Crippen LogP contribution in [0, 0.1) is 5.82 Å². The molecule has 1 aliphatic rings. The van der Waals surface area contributed by atoms with Crippen LogP contribution in [0.4, 0.5) is 14.5 Å². The Morgan fingerprint density at radius 2 is 1.84 bits per heavy atom. The van der Waals surface area contributed by atoms with Gasteiger partial charge >= 0.3 is 0 Å². The molecule has 4 aromatic rings. The molecular weight excluding hydrogens is 604 g/mol. The van der Waals surface area contributed by atoms with Crippen molar-refractivity contribution in [2.45, 2.75) is 19.0 Å². The predicted molar refractivity (Wildman–Crippen MR) is 168 cm³/mol. The van der Waals surface area contributed by atoms with Crippen LogP contribution in [-0.4, -0.2) is 65.6 Å². The lowest BCUT2D eigenvalue weighted by molar-refractivity contribution is -0.129. The number of amides is 3. The molecule has 0 unspecified atom stereocenters. The van der Waals surface area contributed by atoms with Crippen molar-refractivity contribution in [3.8, 4) is 17.2 Å². The summed E-state index contributed by atoms with van der Waals surface area (Å²) < 4.78 is 39.9. The Morgan fingerprint density at radius 1 is 1.04 bits per heavy atom. The molecule has 1 fully saturated rings. The predicted octanol–water partition coefficient (Wildman–Crippen LogP) is 4.53. The number of fused-ring (bicyclic) bond motifs is 1. The van der Waals surface area contributed by atoms with Gasteiger partial charge in [-0.1, -0.05) is 30.3 Å². The maximum Gasteiger partial charge on any atom is 0.255 e. The van der Waals surface area contributed by atoms with Crippen molar-refractivity contribution in [1.29, 1.82) is 0 Å². The molecule has 0 radical (unpaired) electrons. The van der Waals surface area contributed by atoms with E-state index in [4.69, 9.17) is 21.7 Å². The quantitative estimate of drug-likeness (QED) is 0.230. The van der Waals surface area contributed by atoms with E-state index in [1.807, 2.05) is 30.3 Å². The van der Waals surface area contributed by atoms with Crippen LogP contribution in [0.2, 0.25) is 0 Å². The van der Waals surface area contributed by atoms with Gasteiger partial charge in [0.1, 0.15) is 17.7 Å². The summed E-state index contributed by atoms with van der Waals surface area (Å²) in [7, 11) is 1.39. The number of thiocarbonyl (C=S) groups is 1. The number of alkyl halides is 1. The highest BCUT2D eigenvalue weighted by Crippen LogP contribution is 2.34. The van der Waals surface area contributed by atoms with Gasteiger partial charge in [0, 0.05) is 35.9 Å². The number of benzene rings is 3. The first-order valence-corrected chi connectivity index (χ1v) is 14.4. The SMILES string of the molecule is COc1cc2nccc(Oc3ccc(NC(=S)NC(=O)Cc4ccccc4)cc3F)c2cc1C(=O)NCC(=O)N1CC[C@H](F)C1. The van der Waals surface area contributed by atoms with E-state index in [1.54, 1.807) is 0 Å². The zero-order chi connectivity index (χ0) is 31.9. The van der Waals surface area contributed by atoms with Crippen LogP contribution in [0.5, 0.6) is 17.2 Å². The van der Waals surface area contributed by atoms with Crippen LogP contribution in [0.3, 0.4) is 0 Å². The molecule has 1 aromatic heterocycles. The lowest BCUT2D eigenvalue weighted by atomic mass is 10.1. The molecule has 5 rings (SSSR count). The molecule has 232 valence electrons. The molecule has 3 N–H and O–H groups in total. The second-order valence-electron chi connectivity index (χ2n) is 10.2. The third kappa shape index (κ3) is 7.87. The van der Waals surface area contributed by atoms with Crippen LogP contribution >= 0.6 is 12.2 Å². The number of hydrogen-bond acceptors (Lipinski definition) is 7. The molecule has 13 heteroatoms. The molecule has 3 aromatic carbocycles. The Labute approximate surface area is 262 Å². The van der Waals surface area contributed by atoms with Crippen molar-refractivity contribution >= 4 is 51.6 Å². The van der Waals surface area contributed by atoms with Crippen LogP contribution in [0.15, 0.2) is 72.9 Å². The van der Waals surface area contributed by atoms with E-state index in [1.165, 1.54) is 54.6 Å². The second-order valence-corrected chi connectivity index (χ2v) is 10.6. The van der Waals surface area contributed by atoms with E-state index in [9.17, 15) is 18.8 Å². The van der Waals surface area contributed by atoms with E-state index in [0.29, 0.717) is 23.1 Å². The molecule has 0 bridgehead atoms. The number of methoxy groups -OCH3 is 1. The topological polar surface area (TPSA) is 122 Å². The number of likely N-dealkylation sites (tertiary alicyclic amines) is 1. The largest absolute Gasteiger partial charge is 0.496 e. The number of rotatable bonds is 9. The summed E-state index contributed by atoms with van der Waals surface area (Å²) in [6, 6.07) is 17.8. The normalized spacial score (nSPS) is 14.1. The fraction of sp³-hybridized carbons (Fsp3) is 0.219. The number of hydrogen-bond donors (Lipinski definition) is 3. The third-order valence-electron chi connectivity index (χ3n) is 7.02. The lowest BCUT2D eigenvalue weighted by Crippen LogP contribution is -2.39. The molecule has 0 spiro atoms. The summed E-state index contributed by atoms with van der Waals surface area (Å²) in [5.41, 5.74) is 1.63. The first kappa shape index (κ1) is 31.3. The van der Waals surface area contributed by atoms with E-state index in [0.717, 1.165) is 5.56 Å². The molecule has 0 saturated carbocycles. The summed E-state index contributed by atoms with van der Waals surface area (Å²) in [4.78, 5) is 43.4. The van der Waals surface area contributed by atoms with Crippen molar-refractivity contribution in [3.05, 3.63) is 89.9 Å². The minimum atomic E-state index is -1.07. The minimum Gasteiger partial charge on any atom is -0.496 e. The molecule has 1 atom stereocenters. The number of nitrogens with zero attached hydrogens (tertiary/aromatic N) is 2. The molecule has 0 aliphatic carbocycles. The molecule has 45 heavy (non-hydrogen) atoms. The van der Waals surface area contributed by atoms with Gasteiger partial charge < -0.3 is 30.3 Å². The van der Waals surface area contributed by atoms with Crippen molar-refractivity contribution in [1.82, 2.24) is 20.5 Å². The number of ether oxygens (including phenoxy) is 2. The van der Waals surface area contributed by atoms with Crippen LogP contribution in [0.25, 0.3) is 10.9 Å². The van der Waals surface area contributed by atoms with E-state index < -0.39 is 23.8 Å². The highest BCUT2D eigenvalue weighted by Gasteiger charge is 2.26. The zero-order valence-corrected chi connectivity index (χ0v) is 25.0. The fourth-order valence-electron chi connectivity index (χ4n) is 4.78. The number of halogens is 2. The van der Waals surface area contributed by atoms with E-state index >= 15 is 4.39 Å². The van der Waals surface area contributed by atoms with Gasteiger partial charge in [0.05, 0.1) is 37.7 Å². The fourth-order valence-corrected chi connectivity index (χ4v) is 5.02. The van der Waals surface area contributed by atoms with Crippen LogP contribution in [-0.2, 0) is 16.0 Å². The maximum absolute atomic E-state index is 15.1. The molecule has 10 nitrogen and oxygen atoms in total. The number of aromatic nitrogens is 1. The van der Waals surface area contributed by atoms with Crippen LogP contribution in [0.1, 0.15) is 22.3 Å². The Bertz CT molecular complexity index is 1760. The third-order valence-corrected chi connectivity index (χ3v) is 7.23. The highest BCUT2D eigenvalue weighted by molar-refractivity contribution is 7.80. The van der Waals surface area contributed by atoms with Gasteiger partial charge in [-0.05, 0) is 48.5 Å². The Balaban J connectivity index is 1.27. The summed E-state index contributed by atoms with van der Waals surface area (Å²) in [6.07, 6.45) is 0.808. The molecule has 2 heterocycles. The number of carbonyl (C=O) groups excluding carboxylic acids is 3. The highest BCUT2D eigenvalue weighted by atomic mass is 32.1. The van der Waals surface area contributed by atoms with Gasteiger partial charge in [0.25, 0.3) is 5.91 Å². The van der Waals surface area contributed by atoms with E-state index in [-0.39, 0.29) is 59.8 Å². The molecule has 1 saturated heterocycles.